The first kappa shape index (κ1) is 18.7. The fourth-order valence-corrected chi connectivity index (χ4v) is 2.14. The second-order valence-electron chi connectivity index (χ2n) is 5.24. The van der Waals surface area contributed by atoms with Crippen molar-refractivity contribution in [3.63, 3.8) is 0 Å². The molecular weight excluding hydrogens is 302 g/mol. The number of nitrogens with two attached hydrogens (primary N) is 2. The van der Waals surface area contributed by atoms with Gasteiger partial charge in [0.25, 0.3) is 0 Å². The first-order valence-corrected chi connectivity index (χ1v) is 7.19. The van der Waals surface area contributed by atoms with Gasteiger partial charge in [-0.2, -0.15) is 0 Å². The third kappa shape index (κ3) is 5.11. The molecule has 0 fully saturated rings. The van der Waals surface area contributed by atoms with Crippen LogP contribution < -0.4 is 16.2 Å². The van der Waals surface area contributed by atoms with Crippen molar-refractivity contribution >= 4 is 11.7 Å². The van der Waals surface area contributed by atoms with E-state index in [-0.39, 0.29) is 18.9 Å². The number of oxime groups is 1. The van der Waals surface area contributed by atoms with Crippen LogP contribution >= 0.6 is 0 Å². The summed E-state index contributed by atoms with van der Waals surface area (Å²) in [5.41, 5.74) is 12.7. The molecule has 0 aliphatic carbocycles. The Hall–Kier alpha value is -2.32. The van der Waals surface area contributed by atoms with Crippen LogP contribution in [0, 0.1) is 6.92 Å². The molecule has 0 spiro atoms. The minimum absolute atomic E-state index is 0.000958. The normalized spacial score (nSPS) is 14.3. The van der Waals surface area contributed by atoms with Crippen molar-refractivity contribution in [3.8, 4) is 5.75 Å². The molecule has 1 aromatic carbocycles. The molecule has 0 heterocycles. The molecule has 2 atom stereocenters. The van der Waals surface area contributed by atoms with Crippen LogP contribution in [0.15, 0.2) is 17.3 Å². The number of aliphatic hydroxyl groups excluding tert-OH is 2. The molecule has 1 rings (SSSR count). The van der Waals surface area contributed by atoms with E-state index in [0.717, 1.165) is 11.1 Å². The highest BCUT2D eigenvalue weighted by Crippen LogP contribution is 2.26. The summed E-state index contributed by atoms with van der Waals surface area (Å²) in [7, 11) is 0. The Morgan fingerprint density at radius 3 is 2.52 bits per heavy atom. The molecule has 0 aliphatic heterocycles. The van der Waals surface area contributed by atoms with Crippen LogP contribution in [0.3, 0.4) is 0 Å². The van der Waals surface area contributed by atoms with Crippen LogP contribution in [0.25, 0.3) is 0 Å². The lowest BCUT2D eigenvalue weighted by Gasteiger charge is -2.18. The standard InChI is InChI=1S/C15H23N3O5/c1-3-9-5-10(14(16)18-22)4-8(2)13(9)23-7-11(19)6-12(20)15(17)21/h4-5,11-12,19-20,22H,3,6-7H2,1-2H3,(H2,16,18)(H2,17,21)/t11-,12?/m1/s1. The summed E-state index contributed by atoms with van der Waals surface area (Å²) in [6.07, 6.45) is -2.01. The lowest BCUT2D eigenvalue weighted by atomic mass is 10.0. The number of amidine groups is 1. The van der Waals surface area contributed by atoms with Crippen LogP contribution in [-0.4, -0.2) is 46.0 Å². The third-order valence-electron chi connectivity index (χ3n) is 3.38. The van der Waals surface area contributed by atoms with Crippen LogP contribution in [-0.2, 0) is 11.2 Å². The van der Waals surface area contributed by atoms with E-state index < -0.39 is 18.1 Å². The summed E-state index contributed by atoms with van der Waals surface area (Å²) >= 11 is 0. The average Bonchev–Trinajstić information content (AvgIpc) is 2.51. The van der Waals surface area contributed by atoms with Crippen molar-refractivity contribution in [2.24, 2.45) is 16.6 Å². The number of carbonyl (C=O) groups is 1. The Bertz CT molecular complexity index is 589. The Balaban J connectivity index is 2.86. The molecule has 0 bridgehead atoms. The number of primary amides is 1. The van der Waals surface area contributed by atoms with E-state index in [4.69, 9.17) is 21.4 Å². The molecule has 0 radical (unpaired) electrons. The lowest BCUT2D eigenvalue weighted by molar-refractivity contribution is -0.127. The summed E-state index contributed by atoms with van der Waals surface area (Å²) in [4.78, 5) is 10.8. The van der Waals surface area contributed by atoms with Crippen molar-refractivity contribution in [2.45, 2.75) is 38.9 Å². The highest BCUT2D eigenvalue weighted by Gasteiger charge is 2.18. The summed E-state index contributed by atoms with van der Waals surface area (Å²) in [6.45, 7) is 3.62. The number of rotatable bonds is 8. The Morgan fingerprint density at radius 1 is 1.35 bits per heavy atom. The van der Waals surface area contributed by atoms with Crippen molar-refractivity contribution in [1.82, 2.24) is 0 Å². The second-order valence-corrected chi connectivity index (χ2v) is 5.24. The van der Waals surface area contributed by atoms with Crippen LogP contribution in [0.4, 0.5) is 0 Å². The molecule has 0 saturated heterocycles. The molecule has 8 nitrogen and oxygen atoms in total. The quantitative estimate of drug-likeness (QED) is 0.190. The SMILES string of the molecule is CCc1cc(/C(N)=N/O)cc(C)c1OC[C@H](O)CC(O)C(N)=O. The van der Waals surface area contributed by atoms with Crippen molar-refractivity contribution < 1.29 is 25.0 Å². The first-order chi connectivity index (χ1) is 10.8. The van der Waals surface area contributed by atoms with E-state index >= 15 is 0 Å². The lowest BCUT2D eigenvalue weighted by Crippen LogP contribution is -2.33. The van der Waals surface area contributed by atoms with Gasteiger partial charge in [0.15, 0.2) is 5.84 Å². The van der Waals surface area contributed by atoms with Gasteiger partial charge in [0.05, 0.1) is 6.10 Å². The maximum atomic E-state index is 10.8. The number of benzene rings is 1. The van der Waals surface area contributed by atoms with E-state index in [2.05, 4.69) is 5.16 Å². The number of nitrogens with zero attached hydrogens (tertiary/aromatic N) is 1. The zero-order valence-corrected chi connectivity index (χ0v) is 13.2. The second kappa shape index (κ2) is 8.35. The van der Waals surface area contributed by atoms with Gasteiger partial charge in [0.1, 0.15) is 18.5 Å². The zero-order chi connectivity index (χ0) is 17.6. The van der Waals surface area contributed by atoms with Gasteiger partial charge in [0, 0.05) is 12.0 Å². The topological polar surface area (TPSA) is 151 Å². The maximum Gasteiger partial charge on any atom is 0.246 e. The monoisotopic (exact) mass is 325 g/mol. The Labute approximate surface area is 134 Å². The molecule has 128 valence electrons. The van der Waals surface area contributed by atoms with E-state index in [0.29, 0.717) is 17.7 Å². The van der Waals surface area contributed by atoms with Crippen molar-refractivity contribution in [3.05, 3.63) is 28.8 Å². The average molecular weight is 325 g/mol. The van der Waals surface area contributed by atoms with Crippen LogP contribution in [0.2, 0.25) is 0 Å². The smallest absolute Gasteiger partial charge is 0.246 e. The predicted molar refractivity (Wildman–Crippen MR) is 84.4 cm³/mol. The van der Waals surface area contributed by atoms with Crippen molar-refractivity contribution in [1.29, 1.82) is 0 Å². The fourth-order valence-electron chi connectivity index (χ4n) is 2.14. The number of amides is 1. The molecule has 0 saturated carbocycles. The van der Waals surface area contributed by atoms with E-state index in [1.807, 2.05) is 6.92 Å². The summed E-state index contributed by atoms with van der Waals surface area (Å²) in [5, 5.41) is 30.9. The van der Waals surface area contributed by atoms with Crippen LogP contribution in [0.1, 0.15) is 30.0 Å². The molecule has 23 heavy (non-hydrogen) atoms. The van der Waals surface area contributed by atoms with E-state index in [1.165, 1.54) is 0 Å². The first-order valence-electron chi connectivity index (χ1n) is 7.19. The zero-order valence-electron chi connectivity index (χ0n) is 13.2. The number of carbonyl (C=O) groups excluding carboxylic acids is 1. The Kier molecular flexibility index (Phi) is 6.80. The maximum absolute atomic E-state index is 10.8. The Morgan fingerprint density at radius 2 is 2.00 bits per heavy atom. The minimum atomic E-state index is -1.41. The third-order valence-corrected chi connectivity index (χ3v) is 3.38. The van der Waals surface area contributed by atoms with Gasteiger partial charge in [0.2, 0.25) is 5.91 Å². The number of hydrogen-bond acceptors (Lipinski definition) is 6. The molecular formula is C15H23N3O5. The molecule has 1 unspecified atom stereocenters. The van der Waals surface area contributed by atoms with Gasteiger partial charge in [-0.1, -0.05) is 12.1 Å². The van der Waals surface area contributed by atoms with E-state index in [9.17, 15) is 15.0 Å². The van der Waals surface area contributed by atoms with Gasteiger partial charge in [-0.05, 0) is 36.6 Å². The van der Waals surface area contributed by atoms with Gasteiger partial charge in [-0.15, -0.1) is 0 Å². The molecule has 1 amide bonds. The summed E-state index contributed by atoms with van der Waals surface area (Å²) in [5.74, 6) is -0.314. The highest BCUT2D eigenvalue weighted by atomic mass is 16.5. The van der Waals surface area contributed by atoms with Crippen molar-refractivity contribution in [2.75, 3.05) is 6.61 Å². The molecule has 0 aromatic heterocycles. The minimum Gasteiger partial charge on any atom is -0.490 e. The van der Waals surface area contributed by atoms with Crippen LogP contribution in [0.5, 0.6) is 5.75 Å². The molecule has 7 N–H and O–H groups in total. The van der Waals surface area contributed by atoms with Gasteiger partial charge >= 0.3 is 0 Å². The molecule has 0 aliphatic rings. The van der Waals surface area contributed by atoms with E-state index in [1.54, 1.807) is 19.1 Å². The van der Waals surface area contributed by atoms with Gasteiger partial charge < -0.3 is 31.6 Å². The number of ether oxygens (including phenoxy) is 1. The molecule has 8 heteroatoms. The fraction of sp³-hybridized carbons (Fsp3) is 0.467. The highest BCUT2D eigenvalue weighted by molar-refractivity contribution is 5.97. The number of hydrogen-bond donors (Lipinski definition) is 5. The number of aliphatic hydroxyl groups is 2. The predicted octanol–water partition coefficient (Wildman–Crippen LogP) is -0.372. The summed E-state index contributed by atoms with van der Waals surface area (Å²) < 4.78 is 5.61. The number of aryl methyl sites for hydroxylation is 2. The summed E-state index contributed by atoms with van der Waals surface area (Å²) in [6, 6.07) is 3.44. The molecule has 1 aromatic rings. The van der Waals surface area contributed by atoms with Gasteiger partial charge in [-0.25, -0.2) is 0 Å². The largest absolute Gasteiger partial charge is 0.490 e. The van der Waals surface area contributed by atoms with Gasteiger partial charge in [-0.3, -0.25) is 4.79 Å².